The number of amides is 1. The van der Waals surface area contributed by atoms with Gasteiger partial charge in [0.15, 0.2) is 0 Å². The van der Waals surface area contributed by atoms with Crippen molar-refractivity contribution >= 4 is 27.5 Å². The van der Waals surface area contributed by atoms with Gasteiger partial charge in [0.1, 0.15) is 5.54 Å². The lowest BCUT2D eigenvalue weighted by Crippen LogP contribution is -2.47. The van der Waals surface area contributed by atoms with Crippen LogP contribution in [-0.4, -0.2) is 19.5 Å². The first-order chi connectivity index (χ1) is 8.02. The summed E-state index contributed by atoms with van der Waals surface area (Å²) in [6.45, 7) is 6.18. The molecule has 1 unspecified atom stereocenters. The Kier molecular flexibility index (Phi) is 3.10. The number of carbonyl (C=O) groups is 1. The van der Waals surface area contributed by atoms with Crippen molar-refractivity contribution in [3.63, 3.8) is 0 Å². The Balaban J connectivity index is 2.55. The number of hydrogen-bond donors (Lipinski definition) is 1. The Morgan fingerprint density at radius 1 is 1.59 bits per heavy atom. The number of halogens is 1. The molecule has 0 radical (unpaired) electrons. The van der Waals surface area contributed by atoms with E-state index < -0.39 is 5.54 Å². The van der Waals surface area contributed by atoms with E-state index in [1.807, 2.05) is 25.1 Å². The molecule has 3 nitrogen and oxygen atoms in total. The molecule has 0 fully saturated rings. The number of para-hydroxylation sites is 1. The summed E-state index contributed by atoms with van der Waals surface area (Å²) < 4.78 is 0.940. The van der Waals surface area contributed by atoms with Crippen molar-refractivity contribution in [1.29, 1.82) is 0 Å². The molecule has 1 aliphatic heterocycles. The zero-order valence-corrected chi connectivity index (χ0v) is 11.5. The third-order valence-electron chi connectivity index (χ3n) is 3.19. The van der Waals surface area contributed by atoms with Crippen molar-refractivity contribution < 1.29 is 4.79 Å². The average molecular weight is 295 g/mol. The molecule has 0 saturated heterocycles. The molecule has 0 saturated carbocycles. The van der Waals surface area contributed by atoms with Gasteiger partial charge >= 0.3 is 0 Å². The van der Waals surface area contributed by atoms with Gasteiger partial charge in [0.05, 0.1) is 5.69 Å². The lowest BCUT2D eigenvalue weighted by molar-refractivity contribution is -0.123. The first-order valence-corrected chi connectivity index (χ1v) is 6.24. The van der Waals surface area contributed by atoms with E-state index in [0.29, 0.717) is 6.54 Å². The molecule has 1 atom stereocenters. The Morgan fingerprint density at radius 3 is 2.94 bits per heavy atom. The fourth-order valence-corrected chi connectivity index (χ4v) is 2.89. The van der Waals surface area contributed by atoms with E-state index in [9.17, 15) is 4.79 Å². The third kappa shape index (κ3) is 1.72. The van der Waals surface area contributed by atoms with Gasteiger partial charge in [-0.15, -0.1) is 6.58 Å². The van der Waals surface area contributed by atoms with E-state index in [-0.39, 0.29) is 5.91 Å². The standard InChI is InChI=1S/C13H15BrN2O/c1-4-8-15-13(2)9-6-5-7-10(14)11(9)16(3)12(13)17/h4-7,15H,1,8H2,2-3H3. The van der Waals surface area contributed by atoms with Gasteiger partial charge in [-0.25, -0.2) is 0 Å². The van der Waals surface area contributed by atoms with Gasteiger partial charge in [-0.05, 0) is 28.9 Å². The van der Waals surface area contributed by atoms with Crippen LogP contribution in [0.25, 0.3) is 0 Å². The minimum absolute atomic E-state index is 0.0567. The normalized spacial score (nSPS) is 22.8. The SMILES string of the molecule is C=CCNC1(C)C(=O)N(C)c2c(Br)cccc21. The lowest BCUT2D eigenvalue weighted by Gasteiger charge is -2.24. The molecule has 1 heterocycles. The van der Waals surface area contributed by atoms with Crippen molar-refractivity contribution in [1.82, 2.24) is 5.32 Å². The zero-order valence-electron chi connectivity index (χ0n) is 9.96. The van der Waals surface area contributed by atoms with Gasteiger partial charge in [0.25, 0.3) is 5.91 Å². The zero-order chi connectivity index (χ0) is 12.6. The highest BCUT2D eigenvalue weighted by Crippen LogP contribution is 2.43. The van der Waals surface area contributed by atoms with E-state index in [1.165, 1.54) is 0 Å². The molecular formula is C13H15BrN2O. The van der Waals surface area contributed by atoms with E-state index in [0.717, 1.165) is 15.7 Å². The highest BCUT2D eigenvalue weighted by atomic mass is 79.9. The fourth-order valence-electron chi connectivity index (χ4n) is 2.26. The molecule has 0 bridgehead atoms. The quantitative estimate of drug-likeness (QED) is 0.869. The van der Waals surface area contributed by atoms with Crippen LogP contribution < -0.4 is 10.2 Å². The maximum absolute atomic E-state index is 12.4. The van der Waals surface area contributed by atoms with E-state index in [2.05, 4.69) is 27.8 Å². The van der Waals surface area contributed by atoms with Gasteiger partial charge < -0.3 is 4.90 Å². The Labute approximate surface area is 110 Å². The summed E-state index contributed by atoms with van der Waals surface area (Å²) in [5.74, 6) is 0.0567. The number of nitrogens with zero attached hydrogens (tertiary/aromatic N) is 1. The van der Waals surface area contributed by atoms with Gasteiger partial charge in [-0.3, -0.25) is 10.1 Å². The van der Waals surface area contributed by atoms with Crippen LogP contribution in [0.4, 0.5) is 5.69 Å². The van der Waals surface area contributed by atoms with Gasteiger partial charge in [0.2, 0.25) is 0 Å². The van der Waals surface area contributed by atoms with Crippen LogP contribution in [0.5, 0.6) is 0 Å². The molecule has 1 aliphatic rings. The average Bonchev–Trinajstić information content (AvgIpc) is 2.51. The van der Waals surface area contributed by atoms with Crippen LogP contribution in [-0.2, 0) is 10.3 Å². The van der Waals surface area contributed by atoms with Crippen LogP contribution in [0.2, 0.25) is 0 Å². The summed E-state index contributed by atoms with van der Waals surface area (Å²) in [6, 6.07) is 5.88. The number of hydrogen-bond acceptors (Lipinski definition) is 2. The fraction of sp³-hybridized carbons (Fsp3) is 0.308. The first-order valence-electron chi connectivity index (χ1n) is 5.45. The van der Waals surface area contributed by atoms with Crippen LogP contribution in [0.15, 0.2) is 35.3 Å². The van der Waals surface area contributed by atoms with E-state index in [1.54, 1.807) is 18.0 Å². The van der Waals surface area contributed by atoms with Crippen molar-refractivity contribution in [3.05, 3.63) is 40.9 Å². The van der Waals surface area contributed by atoms with Gasteiger partial charge in [-0.2, -0.15) is 0 Å². The Bertz CT molecular complexity index is 486. The van der Waals surface area contributed by atoms with Crippen molar-refractivity contribution in [2.75, 3.05) is 18.5 Å². The maximum Gasteiger partial charge on any atom is 0.251 e. The van der Waals surface area contributed by atoms with Crippen LogP contribution in [0.3, 0.4) is 0 Å². The molecule has 0 aromatic heterocycles. The number of rotatable bonds is 3. The highest BCUT2D eigenvalue weighted by molar-refractivity contribution is 9.10. The topological polar surface area (TPSA) is 32.3 Å². The molecule has 17 heavy (non-hydrogen) atoms. The Hall–Kier alpha value is -1.13. The molecule has 0 aliphatic carbocycles. The largest absolute Gasteiger partial charge is 0.312 e. The summed E-state index contributed by atoms with van der Waals surface area (Å²) in [4.78, 5) is 14.0. The van der Waals surface area contributed by atoms with Crippen LogP contribution >= 0.6 is 15.9 Å². The number of carbonyl (C=O) groups excluding carboxylic acids is 1. The second-order valence-corrected chi connectivity index (χ2v) is 5.15. The molecular weight excluding hydrogens is 280 g/mol. The molecule has 1 N–H and O–H groups in total. The lowest BCUT2D eigenvalue weighted by atomic mass is 9.93. The summed E-state index contributed by atoms with van der Waals surface area (Å²) >= 11 is 3.49. The van der Waals surface area contributed by atoms with Crippen molar-refractivity contribution in [2.45, 2.75) is 12.5 Å². The predicted molar refractivity (Wildman–Crippen MR) is 73.1 cm³/mol. The highest BCUT2D eigenvalue weighted by Gasteiger charge is 2.46. The third-order valence-corrected chi connectivity index (χ3v) is 3.83. The van der Waals surface area contributed by atoms with Crippen molar-refractivity contribution in [2.24, 2.45) is 0 Å². The maximum atomic E-state index is 12.4. The minimum atomic E-state index is -0.665. The molecule has 1 aromatic rings. The first kappa shape index (κ1) is 12.3. The van der Waals surface area contributed by atoms with E-state index >= 15 is 0 Å². The second kappa shape index (κ2) is 4.27. The molecule has 1 amide bonds. The molecule has 0 spiro atoms. The molecule has 4 heteroatoms. The summed E-state index contributed by atoms with van der Waals surface area (Å²) in [7, 11) is 1.80. The number of benzene rings is 1. The number of anilines is 1. The van der Waals surface area contributed by atoms with Crippen LogP contribution in [0, 0.1) is 0 Å². The minimum Gasteiger partial charge on any atom is -0.312 e. The summed E-state index contributed by atoms with van der Waals surface area (Å²) in [5, 5.41) is 3.24. The number of nitrogens with one attached hydrogen (secondary N) is 1. The van der Waals surface area contributed by atoms with Crippen LogP contribution in [0.1, 0.15) is 12.5 Å². The van der Waals surface area contributed by atoms with Gasteiger partial charge in [-0.1, -0.05) is 18.2 Å². The number of likely N-dealkylation sites (N-methyl/N-ethyl adjacent to an activating group) is 1. The molecule has 2 rings (SSSR count). The van der Waals surface area contributed by atoms with E-state index in [4.69, 9.17) is 0 Å². The second-order valence-electron chi connectivity index (χ2n) is 4.29. The number of fused-ring (bicyclic) bond motifs is 1. The predicted octanol–water partition coefficient (Wildman–Crippen LogP) is 2.42. The summed E-state index contributed by atoms with van der Waals surface area (Å²) in [6.07, 6.45) is 1.76. The summed E-state index contributed by atoms with van der Waals surface area (Å²) in [5.41, 5.74) is 1.28. The smallest absolute Gasteiger partial charge is 0.251 e. The van der Waals surface area contributed by atoms with Crippen molar-refractivity contribution in [3.8, 4) is 0 Å². The molecule has 90 valence electrons. The van der Waals surface area contributed by atoms with Gasteiger partial charge in [0, 0.05) is 23.6 Å². The Morgan fingerprint density at radius 2 is 2.29 bits per heavy atom. The monoisotopic (exact) mass is 294 g/mol. The molecule has 1 aromatic carbocycles.